The zero-order chi connectivity index (χ0) is 20.6. The standard InChI is InChI=1S/C20H41NO2.C4H10/c1-4-6-7-8-11-14-17-21-18-15-12-9-10-13-16-20(22)23-19(3)5-2;1-3-4-2/h19,21H,4-18H2,1-3H3;3-4H2,1-2H3. The van der Waals surface area contributed by atoms with E-state index in [1.807, 2.05) is 13.8 Å². The summed E-state index contributed by atoms with van der Waals surface area (Å²) in [6, 6.07) is 0. The number of ether oxygens (including phenoxy) is 1. The molecular weight excluding hydrogens is 334 g/mol. The van der Waals surface area contributed by atoms with Gasteiger partial charge < -0.3 is 10.1 Å². The lowest BCUT2D eigenvalue weighted by atomic mass is 10.1. The van der Waals surface area contributed by atoms with Crippen molar-refractivity contribution in [2.24, 2.45) is 0 Å². The molecule has 0 spiro atoms. The van der Waals surface area contributed by atoms with Crippen LogP contribution in [0.3, 0.4) is 0 Å². The van der Waals surface area contributed by atoms with Crippen LogP contribution in [0.1, 0.15) is 131 Å². The monoisotopic (exact) mass is 385 g/mol. The van der Waals surface area contributed by atoms with Crippen molar-refractivity contribution in [1.29, 1.82) is 0 Å². The normalized spacial score (nSPS) is 11.6. The molecule has 3 heteroatoms. The zero-order valence-corrected chi connectivity index (χ0v) is 19.4. The minimum Gasteiger partial charge on any atom is -0.463 e. The number of hydrogen-bond donors (Lipinski definition) is 1. The van der Waals surface area contributed by atoms with E-state index in [4.69, 9.17) is 4.74 Å². The highest BCUT2D eigenvalue weighted by atomic mass is 16.5. The predicted octanol–water partition coefficient (Wildman–Crippen LogP) is 7.43. The van der Waals surface area contributed by atoms with Gasteiger partial charge >= 0.3 is 5.97 Å². The molecule has 0 aliphatic heterocycles. The average molecular weight is 386 g/mol. The summed E-state index contributed by atoms with van der Waals surface area (Å²) in [7, 11) is 0. The van der Waals surface area contributed by atoms with Gasteiger partial charge in [-0.3, -0.25) is 4.79 Å². The Balaban J connectivity index is 0. The van der Waals surface area contributed by atoms with Crippen molar-refractivity contribution in [1.82, 2.24) is 5.32 Å². The summed E-state index contributed by atoms with van der Waals surface area (Å²) < 4.78 is 5.26. The number of nitrogens with one attached hydrogen (secondary N) is 1. The number of esters is 1. The summed E-state index contributed by atoms with van der Waals surface area (Å²) >= 11 is 0. The second-order valence-corrected chi connectivity index (χ2v) is 7.74. The summed E-state index contributed by atoms with van der Waals surface area (Å²) in [5.41, 5.74) is 0. The third-order valence-corrected chi connectivity index (χ3v) is 4.85. The molecule has 0 rings (SSSR count). The van der Waals surface area contributed by atoms with Crippen molar-refractivity contribution in [3.8, 4) is 0 Å². The number of rotatable bonds is 18. The first-order chi connectivity index (χ1) is 13.1. The fraction of sp³-hybridized carbons (Fsp3) is 0.958. The molecule has 0 aromatic heterocycles. The largest absolute Gasteiger partial charge is 0.463 e. The molecule has 0 amide bonds. The first kappa shape index (κ1) is 28.6. The van der Waals surface area contributed by atoms with Gasteiger partial charge in [-0.15, -0.1) is 0 Å². The lowest BCUT2D eigenvalue weighted by Crippen LogP contribution is -2.16. The summed E-state index contributed by atoms with van der Waals surface area (Å²) in [4.78, 5) is 11.5. The van der Waals surface area contributed by atoms with Crippen LogP contribution in [0.4, 0.5) is 0 Å². The fourth-order valence-corrected chi connectivity index (χ4v) is 2.57. The molecule has 1 unspecified atom stereocenters. The molecule has 1 N–H and O–H groups in total. The van der Waals surface area contributed by atoms with Gasteiger partial charge in [-0.1, -0.05) is 91.9 Å². The molecule has 0 bridgehead atoms. The number of hydrogen-bond acceptors (Lipinski definition) is 3. The van der Waals surface area contributed by atoms with E-state index < -0.39 is 0 Å². The highest BCUT2D eigenvalue weighted by Crippen LogP contribution is 2.08. The van der Waals surface area contributed by atoms with E-state index in [9.17, 15) is 4.79 Å². The SMILES string of the molecule is CCCC.CCCCCCCCNCCCCCCCC(=O)OC(C)CC. The van der Waals surface area contributed by atoms with Crippen molar-refractivity contribution >= 4 is 5.97 Å². The molecular formula is C24H51NO2. The molecule has 0 fully saturated rings. The van der Waals surface area contributed by atoms with Gasteiger partial charge in [0.1, 0.15) is 0 Å². The average Bonchev–Trinajstić information content (AvgIpc) is 2.68. The van der Waals surface area contributed by atoms with Crippen LogP contribution in [-0.2, 0) is 9.53 Å². The second kappa shape index (κ2) is 25.4. The number of unbranched alkanes of at least 4 members (excludes halogenated alkanes) is 10. The van der Waals surface area contributed by atoms with E-state index in [2.05, 4.69) is 26.1 Å². The molecule has 0 aromatic carbocycles. The predicted molar refractivity (Wildman–Crippen MR) is 120 cm³/mol. The molecule has 0 saturated carbocycles. The van der Waals surface area contributed by atoms with Crippen LogP contribution in [0.15, 0.2) is 0 Å². The maximum Gasteiger partial charge on any atom is 0.306 e. The van der Waals surface area contributed by atoms with E-state index in [0.29, 0.717) is 6.42 Å². The third kappa shape index (κ3) is 27.7. The Labute approximate surface area is 171 Å². The topological polar surface area (TPSA) is 38.3 Å². The van der Waals surface area contributed by atoms with Crippen molar-refractivity contribution < 1.29 is 9.53 Å². The Morgan fingerprint density at radius 2 is 1.19 bits per heavy atom. The highest BCUT2D eigenvalue weighted by Gasteiger charge is 2.06. The number of carbonyl (C=O) groups is 1. The van der Waals surface area contributed by atoms with Crippen molar-refractivity contribution in [3.05, 3.63) is 0 Å². The molecule has 0 saturated heterocycles. The lowest BCUT2D eigenvalue weighted by Gasteiger charge is -2.10. The van der Waals surface area contributed by atoms with Gasteiger partial charge in [-0.05, 0) is 45.7 Å². The van der Waals surface area contributed by atoms with E-state index in [-0.39, 0.29) is 12.1 Å². The van der Waals surface area contributed by atoms with Crippen LogP contribution in [0.5, 0.6) is 0 Å². The minimum absolute atomic E-state index is 0.0278. The first-order valence-electron chi connectivity index (χ1n) is 12.0. The van der Waals surface area contributed by atoms with E-state index >= 15 is 0 Å². The van der Waals surface area contributed by atoms with Gasteiger partial charge in [-0.25, -0.2) is 0 Å². The second-order valence-electron chi connectivity index (χ2n) is 7.74. The van der Waals surface area contributed by atoms with E-state index in [0.717, 1.165) is 25.8 Å². The molecule has 0 aliphatic rings. The Bertz CT molecular complexity index is 280. The molecule has 1 atom stereocenters. The summed E-state index contributed by atoms with van der Waals surface area (Å²) in [5.74, 6) is -0.0278. The fourth-order valence-electron chi connectivity index (χ4n) is 2.57. The first-order valence-corrected chi connectivity index (χ1v) is 12.0. The Morgan fingerprint density at radius 1 is 0.704 bits per heavy atom. The third-order valence-electron chi connectivity index (χ3n) is 4.85. The summed E-state index contributed by atoms with van der Waals surface area (Å²) in [6.07, 6.45) is 18.3. The van der Waals surface area contributed by atoms with E-state index in [1.165, 1.54) is 77.2 Å². The highest BCUT2D eigenvalue weighted by molar-refractivity contribution is 5.69. The Kier molecular flexibility index (Phi) is 27.0. The molecule has 0 radical (unpaired) electrons. The van der Waals surface area contributed by atoms with Crippen molar-refractivity contribution in [2.45, 2.75) is 137 Å². The minimum atomic E-state index is -0.0278. The Morgan fingerprint density at radius 3 is 1.67 bits per heavy atom. The number of carbonyl (C=O) groups excluding carboxylic acids is 1. The van der Waals surface area contributed by atoms with Crippen LogP contribution in [0, 0.1) is 0 Å². The maximum atomic E-state index is 11.5. The molecule has 3 nitrogen and oxygen atoms in total. The van der Waals surface area contributed by atoms with Gasteiger partial charge in [0, 0.05) is 6.42 Å². The van der Waals surface area contributed by atoms with Gasteiger partial charge in [0.2, 0.25) is 0 Å². The zero-order valence-electron chi connectivity index (χ0n) is 19.4. The maximum absolute atomic E-state index is 11.5. The van der Waals surface area contributed by atoms with Gasteiger partial charge in [0.15, 0.2) is 0 Å². The molecule has 0 aliphatic carbocycles. The summed E-state index contributed by atoms with van der Waals surface area (Å²) in [5, 5.41) is 3.54. The van der Waals surface area contributed by atoms with Crippen LogP contribution in [0.2, 0.25) is 0 Å². The lowest BCUT2D eigenvalue weighted by molar-refractivity contribution is -0.148. The van der Waals surface area contributed by atoms with E-state index in [1.54, 1.807) is 0 Å². The van der Waals surface area contributed by atoms with Gasteiger partial charge in [-0.2, -0.15) is 0 Å². The molecule has 0 aromatic rings. The summed E-state index contributed by atoms with van der Waals surface area (Å²) in [6.45, 7) is 12.9. The van der Waals surface area contributed by atoms with Crippen molar-refractivity contribution in [2.75, 3.05) is 13.1 Å². The van der Waals surface area contributed by atoms with Gasteiger partial charge in [0.05, 0.1) is 6.10 Å². The van der Waals surface area contributed by atoms with Crippen molar-refractivity contribution in [3.63, 3.8) is 0 Å². The van der Waals surface area contributed by atoms with Crippen LogP contribution in [0.25, 0.3) is 0 Å². The molecule has 0 heterocycles. The quantitative estimate of drug-likeness (QED) is 0.197. The van der Waals surface area contributed by atoms with Crippen LogP contribution >= 0.6 is 0 Å². The van der Waals surface area contributed by atoms with Crippen LogP contribution in [-0.4, -0.2) is 25.2 Å². The molecule has 27 heavy (non-hydrogen) atoms. The smallest absolute Gasteiger partial charge is 0.306 e. The molecule has 164 valence electrons. The van der Waals surface area contributed by atoms with Gasteiger partial charge in [0.25, 0.3) is 0 Å². The Hall–Kier alpha value is -0.570. The van der Waals surface area contributed by atoms with Crippen LogP contribution < -0.4 is 5.32 Å².